The third kappa shape index (κ3) is 3.32. The van der Waals surface area contributed by atoms with Crippen molar-refractivity contribution in [1.29, 1.82) is 0 Å². The van der Waals surface area contributed by atoms with E-state index in [1.165, 1.54) is 6.20 Å². The molecule has 1 fully saturated rings. The molecule has 21 heavy (non-hydrogen) atoms. The standard InChI is InChI=1S/C15H21N3O3/c1-3-7-16-13(19)11-4-5-12(17-9-11)18-8-6-15(2,10-18)14(20)21/h4-5,9H,3,6-8,10H2,1-2H3,(H,16,19)(H,20,21). The third-order valence-electron chi connectivity index (χ3n) is 3.86. The smallest absolute Gasteiger partial charge is 0.311 e. The lowest BCUT2D eigenvalue weighted by molar-refractivity contribution is -0.146. The summed E-state index contributed by atoms with van der Waals surface area (Å²) in [4.78, 5) is 29.3. The molecule has 2 rings (SSSR count). The Bertz CT molecular complexity index is 529. The molecule has 1 atom stereocenters. The predicted molar refractivity (Wildman–Crippen MR) is 79.4 cm³/mol. The summed E-state index contributed by atoms with van der Waals surface area (Å²) in [6.45, 7) is 5.49. The van der Waals surface area contributed by atoms with E-state index in [9.17, 15) is 14.7 Å². The fraction of sp³-hybridized carbons (Fsp3) is 0.533. The minimum atomic E-state index is -0.777. The number of amides is 1. The maximum atomic E-state index is 11.8. The Morgan fingerprint density at radius 2 is 2.24 bits per heavy atom. The second kappa shape index (κ2) is 6.11. The first-order valence-corrected chi connectivity index (χ1v) is 7.19. The maximum Gasteiger partial charge on any atom is 0.311 e. The van der Waals surface area contributed by atoms with Crippen molar-refractivity contribution in [1.82, 2.24) is 10.3 Å². The molecule has 0 aliphatic carbocycles. The Morgan fingerprint density at radius 1 is 1.48 bits per heavy atom. The number of rotatable bonds is 5. The van der Waals surface area contributed by atoms with E-state index in [4.69, 9.17) is 0 Å². The molecule has 0 bridgehead atoms. The first kappa shape index (κ1) is 15.3. The normalized spacial score (nSPS) is 21.3. The topological polar surface area (TPSA) is 82.5 Å². The van der Waals surface area contributed by atoms with Crippen molar-refractivity contribution >= 4 is 17.7 Å². The molecule has 1 aliphatic heterocycles. The van der Waals surface area contributed by atoms with Crippen LogP contribution in [0.2, 0.25) is 0 Å². The number of carbonyl (C=O) groups is 2. The largest absolute Gasteiger partial charge is 0.481 e. The van der Waals surface area contributed by atoms with Crippen LogP contribution in [0.5, 0.6) is 0 Å². The summed E-state index contributed by atoms with van der Waals surface area (Å²) >= 11 is 0. The van der Waals surface area contributed by atoms with E-state index in [-0.39, 0.29) is 5.91 Å². The zero-order valence-electron chi connectivity index (χ0n) is 12.4. The maximum absolute atomic E-state index is 11.8. The van der Waals surface area contributed by atoms with Crippen molar-refractivity contribution in [3.05, 3.63) is 23.9 Å². The lowest BCUT2D eigenvalue weighted by Crippen LogP contribution is -2.32. The molecule has 1 aliphatic rings. The van der Waals surface area contributed by atoms with Gasteiger partial charge in [0.2, 0.25) is 0 Å². The molecule has 0 saturated carbocycles. The van der Waals surface area contributed by atoms with Gasteiger partial charge in [-0.2, -0.15) is 0 Å². The molecular weight excluding hydrogens is 270 g/mol. The van der Waals surface area contributed by atoms with Gasteiger partial charge in [-0.1, -0.05) is 6.92 Å². The van der Waals surface area contributed by atoms with Crippen LogP contribution in [0.15, 0.2) is 18.3 Å². The van der Waals surface area contributed by atoms with E-state index in [1.54, 1.807) is 19.1 Å². The number of anilines is 1. The second-order valence-electron chi connectivity index (χ2n) is 5.70. The summed E-state index contributed by atoms with van der Waals surface area (Å²) in [5.74, 6) is -0.194. The number of carboxylic acid groups (broad SMARTS) is 1. The number of nitrogens with zero attached hydrogens (tertiary/aromatic N) is 2. The Labute approximate surface area is 124 Å². The van der Waals surface area contributed by atoms with Gasteiger partial charge in [-0.15, -0.1) is 0 Å². The molecule has 2 heterocycles. The molecule has 0 radical (unpaired) electrons. The number of nitrogens with one attached hydrogen (secondary N) is 1. The zero-order chi connectivity index (χ0) is 15.5. The molecule has 0 spiro atoms. The first-order valence-electron chi connectivity index (χ1n) is 7.19. The van der Waals surface area contributed by atoms with Crippen LogP contribution in [0, 0.1) is 5.41 Å². The van der Waals surface area contributed by atoms with E-state index in [0.29, 0.717) is 37.4 Å². The molecule has 1 aromatic heterocycles. The van der Waals surface area contributed by atoms with Crippen LogP contribution >= 0.6 is 0 Å². The van der Waals surface area contributed by atoms with Crippen LogP contribution in [0.25, 0.3) is 0 Å². The highest BCUT2D eigenvalue weighted by Gasteiger charge is 2.40. The number of hydrogen-bond donors (Lipinski definition) is 2. The zero-order valence-corrected chi connectivity index (χ0v) is 12.4. The summed E-state index contributed by atoms with van der Waals surface area (Å²) in [5, 5.41) is 12.0. The van der Waals surface area contributed by atoms with Gasteiger partial charge >= 0.3 is 5.97 Å². The fourth-order valence-corrected chi connectivity index (χ4v) is 2.38. The number of carboxylic acids is 1. The van der Waals surface area contributed by atoms with Gasteiger partial charge in [0.05, 0.1) is 11.0 Å². The number of aromatic nitrogens is 1. The minimum Gasteiger partial charge on any atom is -0.481 e. The molecule has 1 aromatic rings. The van der Waals surface area contributed by atoms with Crippen molar-refractivity contribution in [3.8, 4) is 0 Å². The Morgan fingerprint density at radius 3 is 2.76 bits per heavy atom. The van der Waals surface area contributed by atoms with Crippen LogP contribution in [0.4, 0.5) is 5.82 Å². The van der Waals surface area contributed by atoms with E-state index in [0.717, 1.165) is 6.42 Å². The molecule has 1 unspecified atom stereocenters. The van der Waals surface area contributed by atoms with Gasteiger partial charge in [-0.05, 0) is 31.9 Å². The van der Waals surface area contributed by atoms with Gasteiger partial charge in [0.25, 0.3) is 5.91 Å². The van der Waals surface area contributed by atoms with Gasteiger partial charge in [0, 0.05) is 25.8 Å². The lowest BCUT2D eigenvalue weighted by Gasteiger charge is -2.20. The van der Waals surface area contributed by atoms with Gasteiger partial charge in [-0.25, -0.2) is 4.98 Å². The summed E-state index contributed by atoms with van der Waals surface area (Å²) in [6, 6.07) is 3.50. The highest BCUT2D eigenvalue weighted by Crippen LogP contribution is 2.32. The number of aliphatic carboxylic acids is 1. The molecular formula is C15H21N3O3. The molecule has 6 nitrogen and oxygen atoms in total. The van der Waals surface area contributed by atoms with E-state index in [1.807, 2.05) is 11.8 Å². The SMILES string of the molecule is CCCNC(=O)c1ccc(N2CCC(C)(C(=O)O)C2)nc1. The van der Waals surface area contributed by atoms with Gasteiger partial charge in [0.15, 0.2) is 0 Å². The second-order valence-corrected chi connectivity index (χ2v) is 5.70. The van der Waals surface area contributed by atoms with Crippen molar-refractivity contribution in [2.45, 2.75) is 26.7 Å². The van der Waals surface area contributed by atoms with Crippen LogP contribution in [-0.4, -0.2) is 41.6 Å². The van der Waals surface area contributed by atoms with E-state index in [2.05, 4.69) is 10.3 Å². The summed E-state index contributed by atoms with van der Waals surface area (Å²) < 4.78 is 0. The summed E-state index contributed by atoms with van der Waals surface area (Å²) in [7, 11) is 0. The van der Waals surface area contributed by atoms with Crippen LogP contribution in [-0.2, 0) is 4.79 Å². The molecule has 2 N–H and O–H groups in total. The third-order valence-corrected chi connectivity index (χ3v) is 3.86. The predicted octanol–water partition coefficient (Wildman–Crippen LogP) is 1.52. The van der Waals surface area contributed by atoms with Crippen LogP contribution < -0.4 is 10.2 Å². The Hall–Kier alpha value is -2.11. The highest BCUT2D eigenvalue weighted by molar-refractivity contribution is 5.94. The number of pyridine rings is 1. The minimum absolute atomic E-state index is 0.132. The van der Waals surface area contributed by atoms with Crippen molar-refractivity contribution < 1.29 is 14.7 Å². The molecule has 6 heteroatoms. The quantitative estimate of drug-likeness (QED) is 0.859. The highest BCUT2D eigenvalue weighted by atomic mass is 16.4. The summed E-state index contributed by atoms with van der Waals surface area (Å²) in [5.41, 5.74) is -0.203. The molecule has 0 aromatic carbocycles. The average Bonchev–Trinajstić information content (AvgIpc) is 2.89. The molecule has 1 saturated heterocycles. The van der Waals surface area contributed by atoms with Gasteiger partial charge in [0.1, 0.15) is 5.82 Å². The average molecular weight is 291 g/mol. The van der Waals surface area contributed by atoms with E-state index >= 15 is 0 Å². The van der Waals surface area contributed by atoms with E-state index < -0.39 is 11.4 Å². The Kier molecular flexibility index (Phi) is 4.45. The van der Waals surface area contributed by atoms with Crippen molar-refractivity contribution in [3.63, 3.8) is 0 Å². The summed E-state index contributed by atoms with van der Waals surface area (Å²) in [6.07, 6.45) is 3.03. The Balaban J connectivity index is 2.03. The number of carbonyl (C=O) groups excluding carboxylic acids is 1. The van der Waals surface area contributed by atoms with Crippen molar-refractivity contribution in [2.24, 2.45) is 5.41 Å². The molecule has 114 valence electrons. The van der Waals surface area contributed by atoms with Gasteiger partial charge < -0.3 is 15.3 Å². The fourth-order valence-electron chi connectivity index (χ4n) is 2.38. The lowest BCUT2D eigenvalue weighted by atomic mass is 9.90. The van der Waals surface area contributed by atoms with Gasteiger partial charge in [-0.3, -0.25) is 9.59 Å². The first-order chi connectivity index (χ1) is 9.96. The molecule has 1 amide bonds. The van der Waals surface area contributed by atoms with Crippen LogP contribution in [0.3, 0.4) is 0 Å². The number of hydrogen-bond acceptors (Lipinski definition) is 4. The van der Waals surface area contributed by atoms with Crippen molar-refractivity contribution in [2.75, 3.05) is 24.5 Å². The monoisotopic (exact) mass is 291 g/mol. The van der Waals surface area contributed by atoms with Crippen LogP contribution in [0.1, 0.15) is 37.0 Å².